The van der Waals surface area contributed by atoms with Crippen LogP contribution in [-0.2, 0) is 37.0 Å². The lowest BCUT2D eigenvalue weighted by molar-refractivity contribution is -0.115. The first-order chi connectivity index (χ1) is 15.7. The van der Waals surface area contributed by atoms with Gasteiger partial charge in [-0.1, -0.05) is 6.42 Å². The van der Waals surface area contributed by atoms with E-state index in [0.717, 1.165) is 71.7 Å². The summed E-state index contributed by atoms with van der Waals surface area (Å²) < 4.78 is 7.98. The summed E-state index contributed by atoms with van der Waals surface area (Å²) in [6, 6.07) is 12.2. The molecule has 1 aliphatic heterocycles. The lowest BCUT2D eigenvalue weighted by atomic mass is 10.0. The second-order valence-corrected chi connectivity index (χ2v) is 8.94. The van der Waals surface area contributed by atoms with Gasteiger partial charge in [0.05, 0.1) is 12.7 Å². The Labute approximate surface area is 186 Å². The molecule has 2 aromatic heterocycles. The Balaban J connectivity index is 1.17. The highest BCUT2D eigenvalue weighted by Crippen LogP contribution is 2.31. The topological polar surface area (TPSA) is 73.0 Å². The van der Waals surface area contributed by atoms with Gasteiger partial charge in [0.25, 0.3) is 0 Å². The van der Waals surface area contributed by atoms with E-state index in [9.17, 15) is 4.79 Å². The number of aryl methyl sites for hydroxylation is 3. The van der Waals surface area contributed by atoms with E-state index in [2.05, 4.69) is 32.2 Å². The number of nitrogens with one attached hydrogen (secondary N) is 1. The maximum Gasteiger partial charge on any atom is 0.228 e. The Hall–Kier alpha value is -3.41. The molecule has 0 spiro atoms. The summed E-state index contributed by atoms with van der Waals surface area (Å²) in [5.41, 5.74) is 6.40. The number of amides is 1. The van der Waals surface area contributed by atoms with Crippen LogP contribution in [0.25, 0.3) is 22.4 Å². The van der Waals surface area contributed by atoms with Crippen molar-refractivity contribution in [1.82, 2.24) is 14.8 Å². The Kier molecular flexibility index (Phi) is 4.78. The van der Waals surface area contributed by atoms with Gasteiger partial charge in [0, 0.05) is 35.2 Å². The van der Waals surface area contributed by atoms with Gasteiger partial charge < -0.3 is 14.3 Å². The molecule has 6 nitrogen and oxygen atoms in total. The zero-order valence-electron chi connectivity index (χ0n) is 18.1. The first-order valence-electron chi connectivity index (χ1n) is 11.6. The minimum absolute atomic E-state index is 0.0442. The summed E-state index contributed by atoms with van der Waals surface area (Å²) in [7, 11) is 0. The molecule has 1 amide bonds. The Morgan fingerprint density at radius 2 is 1.81 bits per heavy atom. The monoisotopic (exact) mass is 426 g/mol. The number of carbonyl (C=O) groups is 1. The number of nitrogens with zero attached hydrogens (tertiary/aromatic N) is 3. The van der Waals surface area contributed by atoms with E-state index < -0.39 is 0 Å². The van der Waals surface area contributed by atoms with Crippen molar-refractivity contribution in [1.29, 1.82) is 0 Å². The smallest absolute Gasteiger partial charge is 0.228 e. The van der Waals surface area contributed by atoms with Crippen LogP contribution in [-0.4, -0.2) is 20.7 Å². The van der Waals surface area contributed by atoms with Crippen molar-refractivity contribution in [2.24, 2.45) is 0 Å². The molecule has 162 valence electrons. The summed E-state index contributed by atoms with van der Waals surface area (Å²) >= 11 is 0. The fourth-order valence-electron chi connectivity index (χ4n) is 5.06. The molecule has 6 heteroatoms. The maximum atomic E-state index is 12.7. The van der Waals surface area contributed by atoms with Crippen LogP contribution in [0, 0.1) is 0 Å². The molecule has 3 heterocycles. The largest absolute Gasteiger partial charge is 0.464 e. The van der Waals surface area contributed by atoms with Crippen LogP contribution < -0.4 is 5.32 Å². The summed E-state index contributed by atoms with van der Waals surface area (Å²) in [4.78, 5) is 12.7. The molecule has 0 atom stereocenters. The van der Waals surface area contributed by atoms with Gasteiger partial charge in [-0.3, -0.25) is 4.79 Å². The van der Waals surface area contributed by atoms with Crippen molar-refractivity contribution in [2.75, 3.05) is 5.32 Å². The molecule has 2 aromatic carbocycles. The summed E-state index contributed by atoms with van der Waals surface area (Å²) in [5.74, 6) is 1.95. The van der Waals surface area contributed by atoms with Crippen LogP contribution >= 0.6 is 0 Å². The van der Waals surface area contributed by atoms with Crippen molar-refractivity contribution in [3.05, 3.63) is 65.2 Å². The van der Waals surface area contributed by atoms with Gasteiger partial charge in [0.15, 0.2) is 5.82 Å². The normalized spacial score (nSPS) is 15.4. The SMILES string of the molecule is O=C(Cc1coc2cc3c(cc12)CCC3)Nc1ccc(-c2nnc3n2CCCCC3)cc1. The number of hydrogen-bond acceptors (Lipinski definition) is 4. The average molecular weight is 427 g/mol. The molecule has 0 saturated heterocycles. The highest BCUT2D eigenvalue weighted by atomic mass is 16.3. The molecule has 1 aliphatic carbocycles. The van der Waals surface area contributed by atoms with Crippen molar-refractivity contribution >= 4 is 22.6 Å². The van der Waals surface area contributed by atoms with E-state index in [4.69, 9.17) is 4.42 Å². The van der Waals surface area contributed by atoms with Crippen LogP contribution in [0.5, 0.6) is 0 Å². The molecule has 0 saturated carbocycles. The first kappa shape index (κ1) is 19.3. The predicted molar refractivity (Wildman–Crippen MR) is 124 cm³/mol. The number of furan rings is 1. The Morgan fingerprint density at radius 1 is 0.969 bits per heavy atom. The number of rotatable bonds is 4. The Morgan fingerprint density at radius 3 is 2.69 bits per heavy atom. The zero-order chi connectivity index (χ0) is 21.5. The number of fused-ring (bicyclic) bond motifs is 3. The lowest BCUT2D eigenvalue weighted by Crippen LogP contribution is -2.14. The predicted octanol–water partition coefficient (Wildman–Crippen LogP) is 5.09. The van der Waals surface area contributed by atoms with Crippen molar-refractivity contribution in [3.8, 4) is 11.4 Å². The fraction of sp³-hybridized carbons (Fsp3) is 0.346. The van der Waals surface area contributed by atoms with Crippen LogP contribution in [0.15, 0.2) is 47.1 Å². The number of hydrogen-bond donors (Lipinski definition) is 1. The van der Waals surface area contributed by atoms with Gasteiger partial charge in [0.1, 0.15) is 11.4 Å². The minimum atomic E-state index is -0.0442. The van der Waals surface area contributed by atoms with Crippen molar-refractivity contribution < 1.29 is 9.21 Å². The minimum Gasteiger partial charge on any atom is -0.464 e. The lowest BCUT2D eigenvalue weighted by Gasteiger charge is -2.09. The van der Waals surface area contributed by atoms with Gasteiger partial charge in [-0.25, -0.2) is 0 Å². The van der Waals surface area contributed by atoms with Crippen molar-refractivity contribution in [2.45, 2.75) is 57.9 Å². The molecular formula is C26H26N4O2. The highest BCUT2D eigenvalue weighted by molar-refractivity contribution is 5.95. The maximum absolute atomic E-state index is 12.7. The number of aromatic nitrogens is 3. The van der Waals surface area contributed by atoms with Gasteiger partial charge in [-0.2, -0.15) is 0 Å². The van der Waals surface area contributed by atoms with Gasteiger partial charge in [-0.15, -0.1) is 10.2 Å². The molecule has 0 fully saturated rings. The van der Waals surface area contributed by atoms with Gasteiger partial charge in [0.2, 0.25) is 5.91 Å². The third kappa shape index (κ3) is 3.49. The molecule has 32 heavy (non-hydrogen) atoms. The second kappa shape index (κ2) is 7.93. The van der Waals surface area contributed by atoms with E-state index in [1.807, 2.05) is 24.3 Å². The van der Waals surface area contributed by atoms with Crippen LogP contribution in [0.1, 0.15) is 48.2 Å². The number of benzene rings is 2. The summed E-state index contributed by atoms with van der Waals surface area (Å²) in [6.07, 6.45) is 10.0. The Bertz CT molecular complexity index is 1300. The van der Waals surface area contributed by atoms with Crippen LogP contribution in [0.2, 0.25) is 0 Å². The van der Waals surface area contributed by atoms with E-state index in [1.165, 1.54) is 30.4 Å². The molecule has 0 unspecified atom stereocenters. The number of carbonyl (C=O) groups excluding carboxylic acids is 1. The first-order valence-corrected chi connectivity index (χ1v) is 11.6. The van der Waals surface area contributed by atoms with E-state index in [-0.39, 0.29) is 5.91 Å². The second-order valence-electron chi connectivity index (χ2n) is 8.94. The standard InChI is InChI=1S/C26H26N4O2/c31-25(15-20-16-32-23-14-19-6-4-5-18(19)13-22(20)23)27-21-10-8-17(9-11-21)26-29-28-24-7-2-1-3-12-30(24)26/h8-11,13-14,16H,1-7,12,15H2,(H,27,31). The average Bonchev–Trinajstić information content (AvgIpc) is 3.48. The zero-order valence-corrected chi connectivity index (χ0v) is 18.1. The fourth-order valence-corrected chi connectivity index (χ4v) is 5.06. The summed E-state index contributed by atoms with van der Waals surface area (Å²) in [5, 5.41) is 12.9. The van der Waals surface area contributed by atoms with E-state index in [1.54, 1.807) is 6.26 Å². The van der Waals surface area contributed by atoms with Gasteiger partial charge >= 0.3 is 0 Å². The number of anilines is 1. The molecular weight excluding hydrogens is 400 g/mol. The summed E-state index contributed by atoms with van der Waals surface area (Å²) in [6.45, 7) is 0.970. The van der Waals surface area contributed by atoms with Crippen LogP contribution in [0.3, 0.4) is 0 Å². The van der Waals surface area contributed by atoms with Gasteiger partial charge in [-0.05, 0) is 79.6 Å². The quantitative estimate of drug-likeness (QED) is 0.493. The third-order valence-electron chi connectivity index (χ3n) is 6.76. The molecule has 0 radical (unpaired) electrons. The molecule has 6 rings (SSSR count). The molecule has 4 aromatic rings. The van der Waals surface area contributed by atoms with E-state index in [0.29, 0.717) is 6.42 Å². The van der Waals surface area contributed by atoms with Crippen molar-refractivity contribution in [3.63, 3.8) is 0 Å². The highest BCUT2D eigenvalue weighted by Gasteiger charge is 2.18. The third-order valence-corrected chi connectivity index (χ3v) is 6.76. The molecule has 0 bridgehead atoms. The molecule has 2 aliphatic rings. The van der Waals surface area contributed by atoms with E-state index >= 15 is 0 Å². The van der Waals surface area contributed by atoms with Crippen LogP contribution in [0.4, 0.5) is 5.69 Å². The molecule has 1 N–H and O–H groups in total.